The summed E-state index contributed by atoms with van der Waals surface area (Å²) in [4.78, 5) is 4.31. The molecular formula is C18H21F4N5O. The molecule has 3 atom stereocenters. The SMILES string of the molecule is CC(C)n1nc(N[C@@H]2C3CNC[C@@H]2C3)nc1Oc1ccc(F)c(C(F)(F)F)c1. The summed E-state index contributed by atoms with van der Waals surface area (Å²) in [6.45, 7) is 5.61. The molecule has 10 heteroatoms. The zero-order valence-corrected chi connectivity index (χ0v) is 15.4. The van der Waals surface area contributed by atoms with E-state index >= 15 is 0 Å². The van der Waals surface area contributed by atoms with Crippen LogP contribution in [0.1, 0.15) is 31.9 Å². The Bertz CT molecular complexity index is 852. The van der Waals surface area contributed by atoms with Crippen LogP contribution < -0.4 is 15.4 Å². The third-order valence-electron chi connectivity index (χ3n) is 5.27. The van der Waals surface area contributed by atoms with Crippen LogP contribution in [0.5, 0.6) is 11.8 Å². The highest BCUT2D eigenvalue weighted by molar-refractivity contribution is 5.35. The van der Waals surface area contributed by atoms with Gasteiger partial charge in [-0.25, -0.2) is 9.07 Å². The maximum absolute atomic E-state index is 13.5. The van der Waals surface area contributed by atoms with Gasteiger partial charge in [0.15, 0.2) is 0 Å². The van der Waals surface area contributed by atoms with E-state index in [-0.39, 0.29) is 23.8 Å². The van der Waals surface area contributed by atoms with Crippen LogP contribution in [-0.2, 0) is 6.18 Å². The van der Waals surface area contributed by atoms with Crippen LogP contribution in [0, 0.1) is 17.7 Å². The molecular weight excluding hydrogens is 378 g/mol. The Morgan fingerprint density at radius 3 is 2.57 bits per heavy atom. The summed E-state index contributed by atoms with van der Waals surface area (Å²) >= 11 is 0. The molecule has 1 aromatic heterocycles. The quantitative estimate of drug-likeness (QED) is 0.749. The number of piperidine rings is 2. The van der Waals surface area contributed by atoms with Crippen molar-refractivity contribution >= 4 is 5.95 Å². The van der Waals surface area contributed by atoms with Crippen molar-refractivity contribution in [3.8, 4) is 11.8 Å². The van der Waals surface area contributed by atoms with E-state index in [1.807, 2.05) is 13.8 Å². The number of benzene rings is 1. The molecule has 2 fully saturated rings. The molecule has 1 saturated heterocycles. The third-order valence-corrected chi connectivity index (χ3v) is 5.27. The smallest absolute Gasteiger partial charge is 0.419 e. The molecule has 0 spiro atoms. The van der Waals surface area contributed by atoms with Crippen LogP contribution in [0.15, 0.2) is 18.2 Å². The summed E-state index contributed by atoms with van der Waals surface area (Å²) in [5.74, 6) is -0.0958. The fourth-order valence-electron chi connectivity index (χ4n) is 3.80. The molecule has 2 heterocycles. The molecule has 0 radical (unpaired) electrons. The lowest BCUT2D eigenvalue weighted by molar-refractivity contribution is -0.140. The highest BCUT2D eigenvalue weighted by atomic mass is 19.4. The van der Waals surface area contributed by atoms with Crippen molar-refractivity contribution < 1.29 is 22.3 Å². The normalized spacial score (nSPS) is 24.2. The topological polar surface area (TPSA) is 64.0 Å². The molecule has 28 heavy (non-hydrogen) atoms. The average Bonchev–Trinajstić information content (AvgIpc) is 3.04. The summed E-state index contributed by atoms with van der Waals surface area (Å²) in [6.07, 6.45) is -3.65. The van der Waals surface area contributed by atoms with E-state index in [1.165, 1.54) is 4.68 Å². The zero-order chi connectivity index (χ0) is 20.1. The Kier molecular flexibility index (Phi) is 4.68. The Morgan fingerprint density at radius 1 is 1.25 bits per heavy atom. The Balaban J connectivity index is 1.56. The first-order chi connectivity index (χ1) is 13.2. The van der Waals surface area contributed by atoms with Crippen LogP contribution in [0.4, 0.5) is 23.5 Å². The second kappa shape index (κ2) is 6.91. The highest BCUT2D eigenvalue weighted by Gasteiger charge is 2.44. The Labute approximate surface area is 159 Å². The van der Waals surface area contributed by atoms with Crippen LogP contribution in [-0.4, -0.2) is 33.9 Å². The molecule has 1 aliphatic carbocycles. The van der Waals surface area contributed by atoms with Gasteiger partial charge in [0.25, 0.3) is 0 Å². The van der Waals surface area contributed by atoms with Crippen LogP contribution in [0.2, 0.25) is 0 Å². The summed E-state index contributed by atoms with van der Waals surface area (Å²) in [7, 11) is 0. The van der Waals surface area contributed by atoms with Crippen LogP contribution >= 0.6 is 0 Å². The minimum absolute atomic E-state index is 0.0554. The number of anilines is 1. The van der Waals surface area contributed by atoms with Gasteiger partial charge in [0.05, 0.1) is 11.6 Å². The monoisotopic (exact) mass is 399 g/mol. The molecule has 1 aliphatic heterocycles. The number of nitrogens with zero attached hydrogens (tertiary/aromatic N) is 3. The third kappa shape index (κ3) is 3.52. The van der Waals surface area contributed by atoms with Gasteiger partial charge in [-0.05, 0) is 63.4 Å². The van der Waals surface area contributed by atoms with E-state index < -0.39 is 17.6 Å². The van der Waals surface area contributed by atoms with E-state index in [4.69, 9.17) is 4.74 Å². The second-order valence-corrected chi connectivity index (χ2v) is 7.58. The van der Waals surface area contributed by atoms with Crippen LogP contribution in [0.25, 0.3) is 0 Å². The number of rotatable bonds is 5. The van der Waals surface area contributed by atoms with Gasteiger partial charge >= 0.3 is 12.2 Å². The summed E-state index contributed by atoms with van der Waals surface area (Å²) in [6, 6.07) is 2.71. The fourth-order valence-corrected chi connectivity index (χ4v) is 3.80. The van der Waals surface area contributed by atoms with E-state index in [1.54, 1.807) is 0 Å². The molecule has 2 bridgehead atoms. The number of hydrogen-bond donors (Lipinski definition) is 2. The first kappa shape index (κ1) is 19.0. The number of nitrogens with one attached hydrogen (secondary N) is 2. The van der Waals surface area contributed by atoms with Gasteiger partial charge in [-0.2, -0.15) is 18.2 Å². The lowest BCUT2D eigenvalue weighted by atomic mass is 9.67. The summed E-state index contributed by atoms with van der Waals surface area (Å²) in [5.41, 5.74) is -1.38. The molecule has 2 N–H and O–H groups in total. The average molecular weight is 399 g/mol. The van der Waals surface area contributed by atoms with Gasteiger partial charge in [0.1, 0.15) is 11.6 Å². The van der Waals surface area contributed by atoms with Crippen molar-refractivity contribution in [2.75, 3.05) is 18.4 Å². The van der Waals surface area contributed by atoms with Gasteiger partial charge < -0.3 is 15.4 Å². The van der Waals surface area contributed by atoms with Gasteiger partial charge in [-0.3, -0.25) is 0 Å². The van der Waals surface area contributed by atoms with Crippen molar-refractivity contribution in [2.45, 2.75) is 38.5 Å². The van der Waals surface area contributed by atoms with Crippen molar-refractivity contribution in [1.29, 1.82) is 0 Å². The fraction of sp³-hybridized carbons (Fsp3) is 0.556. The molecule has 152 valence electrons. The number of aromatic nitrogens is 3. The number of hydrogen-bond acceptors (Lipinski definition) is 5. The molecule has 2 aromatic rings. The lowest BCUT2D eigenvalue weighted by Gasteiger charge is -2.49. The predicted molar refractivity (Wildman–Crippen MR) is 93.8 cm³/mol. The van der Waals surface area contributed by atoms with E-state index in [2.05, 4.69) is 20.7 Å². The zero-order valence-electron chi connectivity index (χ0n) is 15.4. The molecule has 6 nitrogen and oxygen atoms in total. The number of fused-ring (bicyclic) bond motifs is 2. The molecule has 4 rings (SSSR count). The van der Waals surface area contributed by atoms with Crippen LogP contribution in [0.3, 0.4) is 0 Å². The largest absolute Gasteiger partial charge is 0.424 e. The maximum Gasteiger partial charge on any atom is 0.419 e. The first-order valence-corrected chi connectivity index (χ1v) is 9.20. The number of halogens is 4. The van der Waals surface area contributed by atoms with Gasteiger partial charge in [-0.15, -0.1) is 5.10 Å². The molecule has 0 amide bonds. The number of alkyl halides is 3. The predicted octanol–water partition coefficient (Wildman–Crippen LogP) is 3.83. The lowest BCUT2D eigenvalue weighted by Crippen LogP contribution is -2.60. The number of ether oxygens (including phenoxy) is 1. The molecule has 2 aliphatic rings. The van der Waals surface area contributed by atoms with Gasteiger partial charge in [-0.1, -0.05) is 0 Å². The summed E-state index contributed by atoms with van der Waals surface area (Å²) < 4.78 is 59.3. The first-order valence-electron chi connectivity index (χ1n) is 9.20. The molecule has 1 aromatic carbocycles. The van der Waals surface area contributed by atoms with E-state index in [0.29, 0.717) is 23.9 Å². The maximum atomic E-state index is 13.5. The summed E-state index contributed by atoms with van der Waals surface area (Å²) in [5, 5.41) is 11.1. The molecule has 1 saturated carbocycles. The minimum atomic E-state index is -4.81. The highest BCUT2D eigenvalue weighted by Crippen LogP contribution is 2.39. The van der Waals surface area contributed by atoms with Gasteiger partial charge in [0, 0.05) is 6.04 Å². The minimum Gasteiger partial charge on any atom is -0.424 e. The van der Waals surface area contributed by atoms with E-state index in [9.17, 15) is 17.6 Å². The van der Waals surface area contributed by atoms with Crippen molar-refractivity contribution in [3.63, 3.8) is 0 Å². The van der Waals surface area contributed by atoms with Crippen molar-refractivity contribution in [3.05, 3.63) is 29.6 Å². The van der Waals surface area contributed by atoms with Crippen molar-refractivity contribution in [1.82, 2.24) is 20.1 Å². The van der Waals surface area contributed by atoms with E-state index in [0.717, 1.165) is 31.6 Å². The molecule has 1 unspecified atom stereocenters. The second-order valence-electron chi connectivity index (χ2n) is 7.58. The Hall–Kier alpha value is -2.36. The Morgan fingerprint density at radius 2 is 1.96 bits per heavy atom. The standard InChI is InChI=1S/C18H21F4N5O/c1-9(2)27-17(28-12-3-4-14(19)13(6-12)18(20,21)22)25-16(26-27)24-15-10-5-11(15)8-23-7-10/h3-4,6,9-11,15,23H,5,7-8H2,1-2H3,(H,24,26)/t10-,11?,15-/m0/s1. The van der Waals surface area contributed by atoms with Gasteiger partial charge in [0.2, 0.25) is 5.95 Å². The van der Waals surface area contributed by atoms with Crippen molar-refractivity contribution in [2.24, 2.45) is 11.8 Å².